The van der Waals surface area contributed by atoms with E-state index >= 15 is 0 Å². The van der Waals surface area contributed by atoms with Gasteiger partial charge in [-0.2, -0.15) is 0 Å². The molecule has 1 aromatic rings. The molecule has 1 saturated carbocycles. The lowest BCUT2D eigenvalue weighted by Gasteiger charge is -2.29. The van der Waals surface area contributed by atoms with Crippen molar-refractivity contribution in [2.24, 2.45) is 0 Å². The van der Waals surface area contributed by atoms with Crippen molar-refractivity contribution in [2.45, 2.75) is 37.8 Å². The minimum atomic E-state index is -0.966. The number of hydrogen-bond donors (Lipinski definition) is 3. The van der Waals surface area contributed by atoms with E-state index in [1.54, 1.807) is 18.2 Å². The van der Waals surface area contributed by atoms with E-state index < -0.39 is 6.09 Å². The van der Waals surface area contributed by atoms with Crippen molar-refractivity contribution in [3.05, 3.63) is 23.2 Å². The zero-order valence-corrected chi connectivity index (χ0v) is 11.2. The maximum absolute atomic E-state index is 10.5. The van der Waals surface area contributed by atoms with E-state index in [0.717, 1.165) is 25.7 Å². The molecule has 6 heteroatoms. The lowest BCUT2D eigenvalue weighted by molar-refractivity contribution is 0.135. The average molecular weight is 285 g/mol. The average Bonchev–Trinajstić information content (AvgIpc) is 2.34. The van der Waals surface area contributed by atoms with Crippen LogP contribution in [0.15, 0.2) is 18.2 Å². The number of benzene rings is 1. The van der Waals surface area contributed by atoms with Gasteiger partial charge in [0.15, 0.2) is 0 Å². The first-order valence-corrected chi connectivity index (χ1v) is 6.63. The highest BCUT2D eigenvalue weighted by Gasteiger charge is 2.23. The number of halogens is 1. The van der Waals surface area contributed by atoms with Crippen LogP contribution in [0.4, 0.5) is 10.5 Å². The molecule has 0 aromatic heterocycles. The lowest BCUT2D eigenvalue weighted by atomic mass is 9.93. The van der Waals surface area contributed by atoms with Crippen molar-refractivity contribution < 1.29 is 14.6 Å². The van der Waals surface area contributed by atoms with Gasteiger partial charge in [-0.3, -0.25) is 0 Å². The van der Waals surface area contributed by atoms with Crippen LogP contribution in [0, 0.1) is 0 Å². The van der Waals surface area contributed by atoms with Gasteiger partial charge in [-0.15, -0.1) is 0 Å². The van der Waals surface area contributed by atoms with Crippen molar-refractivity contribution >= 4 is 23.4 Å². The molecule has 0 aliphatic heterocycles. The summed E-state index contributed by atoms with van der Waals surface area (Å²) in [6, 6.07) is 5.19. The molecule has 0 saturated heterocycles. The molecule has 1 fully saturated rings. The quantitative estimate of drug-likeness (QED) is 0.745. The van der Waals surface area contributed by atoms with Gasteiger partial charge in [0.25, 0.3) is 0 Å². The number of nitrogens with one attached hydrogen (secondary N) is 1. The number of rotatable bonds is 3. The molecule has 0 atom stereocenters. The van der Waals surface area contributed by atoms with E-state index in [2.05, 4.69) is 5.32 Å². The highest BCUT2D eigenvalue weighted by Crippen LogP contribution is 2.29. The van der Waals surface area contributed by atoms with E-state index in [0.29, 0.717) is 16.5 Å². The second-order valence-corrected chi connectivity index (χ2v) is 5.16. The van der Waals surface area contributed by atoms with Crippen molar-refractivity contribution in [1.82, 2.24) is 5.32 Å². The molecular formula is C13H17ClN2O3. The van der Waals surface area contributed by atoms with E-state index in [4.69, 9.17) is 27.2 Å². The van der Waals surface area contributed by atoms with Crippen molar-refractivity contribution in [3.8, 4) is 5.75 Å². The van der Waals surface area contributed by atoms with E-state index in [-0.39, 0.29) is 12.1 Å². The Balaban J connectivity index is 1.87. The fourth-order valence-electron chi connectivity index (χ4n) is 2.31. The van der Waals surface area contributed by atoms with Crippen LogP contribution in [0.25, 0.3) is 0 Å². The van der Waals surface area contributed by atoms with Crippen LogP contribution in [-0.4, -0.2) is 23.3 Å². The van der Waals surface area contributed by atoms with E-state index in [1.165, 1.54) is 0 Å². The van der Waals surface area contributed by atoms with Crippen LogP contribution in [0.5, 0.6) is 5.75 Å². The third-order valence-electron chi connectivity index (χ3n) is 3.27. The first-order valence-electron chi connectivity index (χ1n) is 6.25. The minimum absolute atomic E-state index is 0.0277. The number of nitrogen functional groups attached to an aromatic ring is 1. The molecule has 1 aromatic carbocycles. The monoisotopic (exact) mass is 284 g/mol. The Labute approximate surface area is 116 Å². The van der Waals surface area contributed by atoms with Crippen LogP contribution < -0.4 is 15.8 Å². The summed E-state index contributed by atoms with van der Waals surface area (Å²) in [4.78, 5) is 10.5. The smallest absolute Gasteiger partial charge is 0.404 e. The Morgan fingerprint density at radius 2 is 2.05 bits per heavy atom. The maximum Gasteiger partial charge on any atom is 0.404 e. The molecule has 0 spiro atoms. The zero-order chi connectivity index (χ0) is 13.8. The normalized spacial score (nSPS) is 22.8. The molecule has 104 valence electrons. The van der Waals surface area contributed by atoms with Gasteiger partial charge in [0.2, 0.25) is 0 Å². The van der Waals surface area contributed by atoms with Gasteiger partial charge in [0, 0.05) is 11.1 Å². The molecule has 1 aliphatic carbocycles. The van der Waals surface area contributed by atoms with E-state index in [1.807, 2.05) is 0 Å². The summed E-state index contributed by atoms with van der Waals surface area (Å²) in [5.41, 5.74) is 6.36. The summed E-state index contributed by atoms with van der Waals surface area (Å²) in [5.74, 6) is 0.638. The highest BCUT2D eigenvalue weighted by atomic mass is 35.5. The number of carboxylic acid groups (broad SMARTS) is 1. The lowest BCUT2D eigenvalue weighted by Crippen LogP contribution is -2.38. The fourth-order valence-corrected chi connectivity index (χ4v) is 2.49. The number of hydrogen-bond acceptors (Lipinski definition) is 3. The van der Waals surface area contributed by atoms with Crippen molar-refractivity contribution in [3.63, 3.8) is 0 Å². The largest absolute Gasteiger partial charge is 0.488 e. The second kappa shape index (κ2) is 6.02. The zero-order valence-electron chi connectivity index (χ0n) is 10.4. The Morgan fingerprint density at radius 1 is 1.37 bits per heavy atom. The summed E-state index contributed by atoms with van der Waals surface area (Å²) < 4.78 is 5.84. The summed E-state index contributed by atoms with van der Waals surface area (Å²) >= 11 is 5.83. The van der Waals surface area contributed by atoms with Gasteiger partial charge in [-0.05, 0) is 43.9 Å². The standard InChI is InChI=1S/C13H17ClN2O3/c14-8-1-6-12(11(15)7-8)19-10-4-2-9(3-5-10)16-13(17)18/h1,6-7,9-10,16H,2-5,15H2,(H,17,18). The predicted octanol–water partition coefficient (Wildman–Crippen LogP) is 2.88. The third-order valence-corrected chi connectivity index (χ3v) is 3.50. The highest BCUT2D eigenvalue weighted by molar-refractivity contribution is 6.30. The first-order chi connectivity index (χ1) is 9.04. The van der Waals surface area contributed by atoms with Crippen LogP contribution >= 0.6 is 11.6 Å². The van der Waals surface area contributed by atoms with Crippen LogP contribution in [0.3, 0.4) is 0 Å². The maximum atomic E-state index is 10.5. The van der Waals surface area contributed by atoms with Crippen LogP contribution in [0.2, 0.25) is 5.02 Å². The SMILES string of the molecule is Nc1cc(Cl)ccc1OC1CCC(NC(=O)O)CC1. The Kier molecular flexibility index (Phi) is 4.37. The van der Waals surface area contributed by atoms with Gasteiger partial charge >= 0.3 is 6.09 Å². The number of anilines is 1. The molecule has 0 bridgehead atoms. The number of carbonyl (C=O) groups is 1. The van der Waals surface area contributed by atoms with E-state index in [9.17, 15) is 4.79 Å². The molecular weight excluding hydrogens is 268 g/mol. The molecule has 4 N–H and O–H groups in total. The van der Waals surface area contributed by atoms with Gasteiger partial charge in [0.05, 0.1) is 11.8 Å². The van der Waals surface area contributed by atoms with Crippen LogP contribution in [0.1, 0.15) is 25.7 Å². The molecule has 0 unspecified atom stereocenters. The van der Waals surface area contributed by atoms with Gasteiger partial charge in [-0.25, -0.2) is 4.79 Å². The van der Waals surface area contributed by atoms with Crippen LogP contribution in [-0.2, 0) is 0 Å². The minimum Gasteiger partial charge on any atom is -0.488 e. The Hall–Kier alpha value is -1.62. The summed E-state index contributed by atoms with van der Waals surface area (Å²) in [6.07, 6.45) is 2.30. The number of ether oxygens (including phenoxy) is 1. The summed E-state index contributed by atoms with van der Waals surface area (Å²) in [7, 11) is 0. The van der Waals surface area contributed by atoms with Gasteiger partial charge < -0.3 is 20.9 Å². The molecule has 19 heavy (non-hydrogen) atoms. The molecule has 0 heterocycles. The molecule has 0 radical (unpaired) electrons. The van der Waals surface area contributed by atoms with Gasteiger partial charge in [0.1, 0.15) is 5.75 Å². The van der Waals surface area contributed by atoms with Crippen molar-refractivity contribution in [2.75, 3.05) is 5.73 Å². The Bertz CT molecular complexity index is 459. The summed E-state index contributed by atoms with van der Waals surface area (Å²) in [5, 5.41) is 11.7. The number of nitrogens with two attached hydrogens (primary N) is 1. The fraction of sp³-hybridized carbons (Fsp3) is 0.462. The second-order valence-electron chi connectivity index (χ2n) is 4.72. The molecule has 1 aliphatic rings. The molecule has 5 nitrogen and oxygen atoms in total. The topological polar surface area (TPSA) is 84.6 Å². The summed E-state index contributed by atoms with van der Waals surface area (Å²) in [6.45, 7) is 0. The Morgan fingerprint density at radius 3 is 2.63 bits per heavy atom. The molecule has 2 rings (SSSR count). The third kappa shape index (κ3) is 3.92. The van der Waals surface area contributed by atoms with Crippen molar-refractivity contribution in [1.29, 1.82) is 0 Å². The molecule has 1 amide bonds. The first kappa shape index (κ1) is 13.8. The number of amides is 1. The van der Waals surface area contributed by atoms with Gasteiger partial charge in [-0.1, -0.05) is 11.6 Å². The predicted molar refractivity (Wildman–Crippen MR) is 73.7 cm³/mol.